The minimum atomic E-state index is -0.391. The SMILES string of the molecule is O=C(c1ccccc1)c1ccccc1C(=O)N1CCN(c2ccccc2[N+](=O)[O-])CC1. The zero-order valence-corrected chi connectivity index (χ0v) is 16.8. The van der Waals surface area contributed by atoms with E-state index in [4.69, 9.17) is 0 Å². The van der Waals surface area contributed by atoms with Gasteiger partial charge in [0.15, 0.2) is 5.78 Å². The van der Waals surface area contributed by atoms with Crippen LogP contribution in [0.3, 0.4) is 0 Å². The van der Waals surface area contributed by atoms with Crippen molar-refractivity contribution in [3.63, 3.8) is 0 Å². The number of carbonyl (C=O) groups excluding carboxylic acids is 2. The van der Waals surface area contributed by atoms with E-state index in [-0.39, 0.29) is 17.4 Å². The summed E-state index contributed by atoms with van der Waals surface area (Å²) in [6.07, 6.45) is 0. The van der Waals surface area contributed by atoms with Gasteiger partial charge in [0.1, 0.15) is 5.69 Å². The molecule has 1 fully saturated rings. The van der Waals surface area contributed by atoms with Gasteiger partial charge in [0.05, 0.1) is 10.5 Å². The molecule has 3 aromatic rings. The molecule has 7 nitrogen and oxygen atoms in total. The first kappa shape index (κ1) is 20.3. The first-order valence-electron chi connectivity index (χ1n) is 10.0. The molecule has 0 atom stereocenters. The van der Waals surface area contributed by atoms with Crippen LogP contribution in [0.4, 0.5) is 11.4 Å². The Labute approximate surface area is 179 Å². The molecular formula is C24H21N3O4. The van der Waals surface area contributed by atoms with E-state index in [0.717, 1.165) is 0 Å². The Bertz CT molecular complexity index is 1120. The highest BCUT2D eigenvalue weighted by Crippen LogP contribution is 2.28. The standard InChI is InChI=1S/C24H21N3O4/c28-23(18-8-2-1-3-9-18)19-10-4-5-11-20(19)24(29)26-16-14-25(15-17-26)21-12-6-7-13-22(21)27(30)31/h1-13H,14-17H2. The molecule has 7 heteroatoms. The second kappa shape index (κ2) is 8.79. The fraction of sp³-hybridized carbons (Fsp3) is 0.167. The number of amides is 1. The van der Waals surface area contributed by atoms with Gasteiger partial charge in [0.2, 0.25) is 0 Å². The number of hydrogen-bond donors (Lipinski definition) is 0. The maximum Gasteiger partial charge on any atom is 0.292 e. The van der Waals surface area contributed by atoms with Gasteiger partial charge in [-0.1, -0.05) is 60.7 Å². The Morgan fingerprint density at radius 2 is 1.32 bits per heavy atom. The predicted octanol–water partition coefficient (Wildman–Crippen LogP) is 3.79. The molecule has 4 rings (SSSR count). The summed E-state index contributed by atoms with van der Waals surface area (Å²) in [5.74, 6) is -0.398. The van der Waals surface area contributed by atoms with Gasteiger partial charge >= 0.3 is 0 Å². The van der Waals surface area contributed by atoms with E-state index >= 15 is 0 Å². The Balaban J connectivity index is 1.52. The van der Waals surface area contributed by atoms with Crippen LogP contribution in [-0.2, 0) is 0 Å². The normalized spacial score (nSPS) is 13.7. The number of nitro groups is 1. The maximum atomic E-state index is 13.2. The van der Waals surface area contributed by atoms with Crippen molar-refractivity contribution < 1.29 is 14.5 Å². The van der Waals surface area contributed by atoms with Gasteiger partial charge in [-0.15, -0.1) is 0 Å². The van der Waals surface area contributed by atoms with Gasteiger partial charge in [0, 0.05) is 43.4 Å². The second-order valence-electron chi connectivity index (χ2n) is 7.27. The van der Waals surface area contributed by atoms with Crippen molar-refractivity contribution in [1.82, 2.24) is 4.90 Å². The van der Waals surface area contributed by atoms with E-state index in [1.165, 1.54) is 6.07 Å². The van der Waals surface area contributed by atoms with Gasteiger partial charge in [-0.25, -0.2) is 0 Å². The molecule has 0 N–H and O–H groups in total. The molecule has 31 heavy (non-hydrogen) atoms. The number of nitro benzene ring substituents is 1. The van der Waals surface area contributed by atoms with Gasteiger partial charge in [-0.3, -0.25) is 19.7 Å². The zero-order chi connectivity index (χ0) is 21.8. The van der Waals surface area contributed by atoms with E-state index < -0.39 is 4.92 Å². The van der Waals surface area contributed by atoms with Gasteiger partial charge in [0.25, 0.3) is 11.6 Å². The zero-order valence-electron chi connectivity index (χ0n) is 16.8. The van der Waals surface area contributed by atoms with Crippen molar-refractivity contribution in [2.45, 2.75) is 0 Å². The molecule has 0 aromatic heterocycles. The first-order valence-corrected chi connectivity index (χ1v) is 10.0. The van der Waals surface area contributed by atoms with Crippen LogP contribution in [0.1, 0.15) is 26.3 Å². The minimum Gasteiger partial charge on any atom is -0.362 e. The smallest absolute Gasteiger partial charge is 0.292 e. The summed E-state index contributed by atoms with van der Waals surface area (Å²) < 4.78 is 0. The molecule has 0 saturated carbocycles. The van der Waals surface area contributed by atoms with Crippen molar-refractivity contribution >= 4 is 23.1 Å². The molecule has 1 amide bonds. The third-order valence-corrected chi connectivity index (χ3v) is 5.42. The molecular weight excluding hydrogens is 394 g/mol. The number of ketones is 1. The van der Waals surface area contributed by atoms with Gasteiger partial charge < -0.3 is 9.80 Å². The molecule has 1 heterocycles. The number of hydrogen-bond acceptors (Lipinski definition) is 5. The largest absolute Gasteiger partial charge is 0.362 e. The number of benzene rings is 3. The maximum absolute atomic E-state index is 13.2. The van der Waals surface area contributed by atoms with Crippen LogP contribution >= 0.6 is 0 Å². The van der Waals surface area contributed by atoms with Crippen LogP contribution in [0.25, 0.3) is 0 Å². The molecule has 3 aromatic carbocycles. The highest BCUT2D eigenvalue weighted by Gasteiger charge is 2.28. The van der Waals surface area contributed by atoms with Gasteiger partial charge in [-0.05, 0) is 12.1 Å². The average molecular weight is 415 g/mol. The van der Waals surface area contributed by atoms with Crippen molar-refractivity contribution in [2.24, 2.45) is 0 Å². The number of carbonyl (C=O) groups is 2. The second-order valence-corrected chi connectivity index (χ2v) is 7.27. The van der Waals surface area contributed by atoms with Gasteiger partial charge in [-0.2, -0.15) is 0 Å². The fourth-order valence-corrected chi connectivity index (χ4v) is 3.82. The van der Waals surface area contributed by atoms with Crippen LogP contribution in [0.5, 0.6) is 0 Å². The molecule has 0 aliphatic carbocycles. The molecule has 0 unspecified atom stereocenters. The lowest BCUT2D eigenvalue weighted by molar-refractivity contribution is -0.384. The predicted molar refractivity (Wildman–Crippen MR) is 118 cm³/mol. The third-order valence-electron chi connectivity index (χ3n) is 5.42. The van der Waals surface area contributed by atoms with E-state index in [0.29, 0.717) is 48.6 Å². The minimum absolute atomic E-state index is 0.0566. The van der Waals surface area contributed by atoms with Crippen LogP contribution < -0.4 is 4.90 Å². The van der Waals surface area contributed by atoms with Crippen molar-refractivity contribution in [3.8, 4) is 0 Å². The summed E-state index contributed by atoms with van der Waals surface area (Å²) >= 11 is 0. The van der Waals surface area contributed by atoms with Crippen molar-refractivity contribution in [1.29, 1.82) is 0 Å². The Morgan fingerprint density at radius 3 is 2.00 bits per heavy atom. The first-order chi connectivity index (χ1) is 15.1. The molecule has 1 aliphatic heterocycles. The highest BCUT2D eigenvalue weighted by molar-refractivity contribution is 6.15. The molecule has 0 radical (unpaired) electrons. The Hall–Kier alpha value is -4.00. The summed E-state index contributed by atoms with van der Waals surface area (Å²) in [6, 6.07) is 22.3. The van der Waals surface area contributed by atoms with Crippen LogP contribution in [0.15, 0.2) is 78.9 Å². The lowest BCUT2D eigenvalue weighted by atomic mass is 9.97. The summed E-state index contributed by atoms with van der Waals surface area (Å²) in [6.45, 7) is 1.79. The number of para-hydroxylation sites is 2. The van der Waals surface area contributed by atoms with Crippen molar-refractivity contribution in [2.75, 3.05) is 31.1 Å². The van der Waals surface area contributed by atoms with E-state index in [1.54, 1.807) is 71.6 Å². The molecule has 156 valence electrons. The third kappa shape index (κ3) is 4.16. The Kier molecular flexibility index (Phi) is 5.75. The number of piperazine rings is 1. The van der Waals surface area contributed by atoms with E-state index in [1.807, 2.05) is 11.0 Å². The van der Waals surface area contributed by atoms with E-state index in [9.17, 15) is 19.7 Å². The number of rotatable bonds is 5. The van der Waals surface area contributed by atoms with E-state index in [2.05, 4.69) is 0 Å². The molecule has 0 bridgehead atoms. The fourth-order valence-electron chi connectivity index (χ4n) is 3.82. The summed E-state index contributed by atoms with van der Waals surface area (Å²) in [4.78, 5) is 40.7. The molecule has 0 spiro atoms. The van der Waals surface area contributed by atoms with Crippen LogP contribution in [-0.4, -0.2) is 47.7 Å². The monoisotopic (exact) mass is 415 g/mol. The topological polar surface area (TPSA) is 83.8 Å². The summed E-state index contributed by atoms with van der Waals surface area (Å²) in [5.41, 5.74) is 1.89. The quantitative estimate of drug-likeness (QED) is 0.360. The molecule has 1 saturated heterocycles. The lowest BCUT2D eigenvalue weighted by Gasteiger charge is -2.36. The van der Waals surface area contributed by atoms with Crippen molar-refractivity contribution in [3.05, 3.63) is 106 Å². The Morgan fingerprint density at radius 1 is 0.742 bits per heavy atom. The van der Waals surface area contributed by atoms with Crippen LogP contribution in [0.2, 0.25) is 0 Å². The van der Waals surface area contributed by atoms with Crippen LogP contribution in [0, 0.1) is 10.1 Å². The summed E-state index contributed by atoms with van der Waals surface area (Å²) in [7, 11) is 0. The average Bonchev–Trinajstić information content (AvgIpc) is 2.84. The molecule has 1 aliphatic rings. The lowest BCUT2D eigenvalue weighted by Crippen LogP contribution is -2.49. The highest BCUT2D eigenvalue weighted by atomic mass is 16.6. The number of anilines is 1. The number of nitrogens with zero attached hydrogens (tertiary/aromatic N) is 3. The summed E-state index contributed by atoms with van der Waals surface area (Å²) in [5, 5.41) is 11.3.